The van der Waals surface area contributed by atoms with Gasteiger partial charge in [-0.3, -0.25) is 4.79 Å². The van der Waals surface area contributed by atoms with Crippen LogP contribution in [0.15, 0.2) is 12.2 Å². The number of aliphatic hydroxyl groups is 1. The minimum absolute atomic E-state index is 0.0567. The van der Waals surface area contributed by atoms with Crippen LogP contribution in [0.2, 0.25) is 18.1 Å². The van der Waals surface area contributed by atoms with Crippen LogP contribution in [-0.2, 0) is 18.7 Å². The van der Waals surface area contributed by atoms with Crippen molar-refractivity contribution in [1.82, 2.24) is 0 Å². The van der Waals surface area contributed by atoms with Gasteiger partial charge >= 0.3 is 5.97 Å². The molecule has 132 valence electrons. The molecule has 0 aromatic heterocycles. The average Bonchev–Trinajstić information content (AvgIpc) is 3.05. The molecule has 5 nitrogen and oxygen atoms in total. The van der Waals surface area contributed by atoms with Crippen molar-refractivity contribution in [3.8, 4) is 0 Å². The monoisotopic (exact) mass is 342 g/mol. The van der Waals surface area contributed by atoms with Gasteiger partial charge < -0.3 is 19.0 Å². The topological polar surface area (TPSA) is 68.3 Å². The van der Waals surface area contributed by atoms with E-state index in [0.717, 1.165) is 0 Å². The zero-order chi connectivity index (χ0) is 17.6. The number of esters is 1. The standard InChI is InChI=1S/C17H30O5Si/c1-11-14(19)8-13(22-23(6,7)16(3,4)5)9-17(11)15(21-17)10-20-12(2)18/h13-15,19H,1,8-10H2,2-7H3/t13-,14+,15+,17-/m1/s1. The molecule has 1 saturated carbocycles. The van der Waals surface area contributed by atoms with Gasteiger partial charge in [-0.2, -0.15) is 0 Å². The van der Waals surface area contributed by atoms with Crippen LogP contribution >= 0.6 is 0 Å². The summed E-state index contributed by atoms with van der Waals surface area (Å²) in [5.74, 6) is -0.327. The molecule has 2 aliphatic rings. The fraction of sp³-hybridized carbons (Fsp3) is 0.824. The molecule has 23 heavy (non-hydrogen) atoms. The molecule has 1 N–H and O–H groups in total. The Labute approximate surface area is 140 Å². The van der Waals surface area contributed by atoms with Gasteiger partial charge in [0.25, 0.3) is 0 Å². The van der Waals surface area contributed by atoms with E-state index in [4.69, 9.17) is 13.9 Å². The first-order chi connectivity index (χ1) is 10.4. The summed E-state index contributed by atoms with van der Waals surface area (Å²) in [5.41, 5.74) is 0.0879. The van der Waals surface area contributed by atoms with Crippen molar-refractivity contribution in [2.75, 3.05) is 6.61 Å². The van der Waals surface area contributed by atoms with Crippen molar-refractivity contribution in [2.24, 2.45) is 0 Å². The van der Waals surface area contributed by atoms with Crippen molar-refractivity contribution >= 4 is 14.3 Å². The van der Waals surface area contributed by atoms with E-state index in [2.05, 4.69) is 40.4 Å². The van der Waals surface area contributed by atoms with Gasteiger partial charge in [0, 0.05) is 19.8 Å². The maximum atomic E-state index is 11.0. The number of carbonyl (C=O) groups is 1. The van der Waals surface area contributed by atoms with Gasteiger partial charge in [0.1, 0.15) is 18.3 Å². The summed E-state index contributed by atoms with van der Waals surface area (Å²) >= 11 is 0. The van der Waals surface area contributed by atoms with Crippen LogP contribution in [0.25, 0.3) is 0 Å². The number of epoxide rings is 1. The summed E-state index contributed by atoms with van der Waals surface area (Å²) in [6, 6.07) is 0. The van der Waals surface area contributed by atoms with E-state index in [0.29, 0.717) is 18.4 Å². The van der Waals surface area contributed by atoms with Crippen molar-refractivity contribution in [3.05, 3.63) is 12.2 Å². The van der Waals surface area contributed by atoms with Crippen molar-refractivity contribution in [1.29, 1.82) is 0 Å². The predicted octanol–water partition coefficient (Wildman–Crippen LogP) is 2.79. The Morgan fingerprint density at radius 1 is 1.48 bits per heavy atom. The zero-order valence-corrected chi connectivity index (χ0v) is 16.1. The summed E-state index contributed by atoms with van der Waals surface area (Å²) in [7, 11) is -1.92. The molecule has 1 saturated heterocycles. The van der Waals surface area contributed by atoms with E-state index in [1.54, 1.807) is 0 Å². The van der Waals surface area contributed by atoms with E-state index in [1.165, 1.54) is 6.92 Å². The van der Waals surface area contributed by atoms with Gasteiger partial charge in [0.15, 0.2) is 8.32 Å². The molecule has 0 bridgehead atoms. The normalized spacial score (nSPS) is 34.6. The highest BCUT2D eigenvalue weighted by Crippen LogP contribution is 2.52. The van der Waals surface area contributed by atoms with Gasteiger partial charge in [0.05, 0.1) is 12.2 Å². The lowest BCUT2D eigenvalue weighted by Crippen LogP contribution is -2.49. The van der Waals surface area contributed by atoms with Crippen molar-refractivity contribution in [2.45, 2.75) is 82.6 Å². The highest BCUT2D eigenvalue weighted by atomic mass is 28.4. The van der Waals surface area contributed by atoms with Crippen molar-refractivity contribution < 1.29 is 23.8 Å². The fourth-order valence-electron chi connectivity index (χ4n) is 2.95. The average molecular weight is 343 g/mol. The third-order valence-corrected chi connectivity index (χ3v) is 10.0. The van der Waals surface area contributed by atoms with Gasteiger partial charge in [-0.15, -0.1) is 0 Å². The second-order valence-electron chi connectivity index (χ2n) is 8.28. The quantitative estimate of drug-likeness (QED) is 0.368. The third-order valence-electron chi connectivity index (χ3n) is 5.48. The molecule has 2 fully saturated rings. The lowest BCUT2D eigenvalue weighted by Gasteiger charge is -2.42. The highest BCUT2D eigenvalue weighted by Gasteiger charge is 2.63. The Balaban J connectivity index is 2.06. The van der Waals surface area contributed by atoms with Crippen LogP contribution in [0.5, 0.6) is 0 Å². The molecule has 4 atom stereocenters. The Morgan fingerprint density at radius 3 is 2.61 bits per heavy atom. The Hall–Kier alpha value is -0.693. The molecule has 1 heterocycles. The third kappa shape index (κ3) is 3.70. The van der Waals surface area contributed by atoms with Crippen LogP contribution in [-0.4, -0.2) is 49.9 Å². The number of rotatable bonds is 4. The van der Waals surface area contributed by atoms with Crippen LogP contribution in [0.1, 0.15) is 40.5 Å². The van der Waals surface area contributed by atoms with Gasteiger partial charge in [-0.05, 0) is 23.7 Å². The second kappa shape index (κ2) is 5.99. The number of hydrogen-bond donors (Lipinski definition) is 1. The molecular weight excluding hydrogens is 312 g/mol. The molecule has 0 aromatic carbocycles. The lowest BCUT2D eigenvalue weighted by molar-refractivity contribution is -0.141. The van der Waals surface area contributed by atoms with Crippen LogP contribution in [0.4, 0.5) is 0 Å². The largest absolute Gasteiger partial charge is 0.463 e. The van der Waals surface area contributed by atoms with Crippen LogP contribution < -0.4 is 0 Å². The van der Waals surface area contributed by atoms with Crippen LogP contribution in [0.3, 0.4) is 0 Å². The first-order valence-electron chi connectivity index (χ1n) is 8.25. The maximum Gasteiger partial charge on any atom is 0.302 e. The number of aliphatic hydroxyl groups excluding tert-OH is 1. The minimum Gasteiger partial charge on any atom is -0.463 e. The summed E-state index contributed by atoms with van der Waals surface area (Å²) in [6.07, 6.45) is 0.303. The molecular formula is C17H30O5Si. The number of ether oxygens (including phenoxy) is 2. The van der Waals surface area contributed by atoms with Gasteiger partial charge in [0.2, 0.25) is 0 Å². The molecule has 0 aromatic rings. The van der Waals surface area contributed by atoms with E-state index in [-0.39, 0.29) is 29.8 Å². The Morgan fingerprint density at radius 2 is 2.09 bits per heavy atom. The molecule has 6 heteroatoms. The van der Waals surface area contributed by atoms with E-state index in [9.17, 15) is 9.90 Å². The number of carbonyl (C=O) groups excluding carboxylic acids is 1. The first-order valence-corrected chi connectivity index (χ1v) is 11.2. The molecule has 1 spiro atoms. The Kier molecular flexibility index (Phi) is 4.85. The smallest absolute Gasteiger partial charge is 0.302 e. The molecule has 0 amide bonds. The van der Waals surface area contributed by atoms with E-state index in [1.807, 2.05) is 0 Å². The summed E-state index contributed by atoms with van der Waals surface area (Å²) in [6.45, 7) is 16.6. The molecule has 2 rings (SSSR count). The summed E-state index contributed by atoms with van der Waals surface area (Å²) in [5, 5.41) is 10.5. The Bertz CT molecular complexity index is 496. The molecule has 0 unspecified atom stereocenters. The second-order valence-corrected chi connectivity index (χ2v) is 13.0. The highest BCUT2D eigenvalue weighted by molar-refractivity contribution is 6.74. The number of hydrogen-bond acceptors (Lipinski definition) is 5. The summed E-state index contributed by atoms with van der Waals surface area (Å²) < 4.78 is 17.3. The SMILES string of the molecule is C=C1[C@@H](O)C[C@@H](O[Si](C)(C)C(C)(C)C)C[C@@]12O[C@H]2COC(C)=O. The van der Waals surface area contributed by atoms with Crippen molar-refractivity contribution in [3.63, 3.8) is 0 Å². The lowest BCUT2D eigenvalue weighted by atomic mass is 9.79. The minimum atomic E-state index is -1.92. The summed E-state index contributed by atoms with van der Waals surface area (Å²) in [4.78, 5) is 11.0. The zero-order valence-electron chi connectivity index (χ0n) is 15.1. The van der Waals surface area contributed by atoms with E-state index >= 15 is 0 Å². The maximum absolute atomic E-state index is 11.0. The fourth-order valence-corrected chi connectivity index (χ4v) is 4.32. The molecule has 1 aliphatic heterocycles. The molecule has 1 aliphatic carbocycles. The molecule has 0 radical (unpaired) electrons. The predicted molar refractivity (Wildman–Crippen MR) is 90.7 cm³/mol. The van der Waals surface area contributed by atoms with Gasteiger partial charge in [-0.25, -0.2) is 0 Å². The van der Waals surface area contributed by atoms with Crippen LogP contribution in [0, 0.1) is 0 Å². The first kappa shape index (κ1) is 18.6. The van der Waals surface area contributed by atoms with Gasteiger partial charge in [-0.1, -0.05) is 27.4 Å². The van der Waals surface area contributed by atoms with E-state index < -0.39 is 20.0 Å².